The van der Waals surface area contributed by atoms with Gasteiger partial charge in [0, 0.05) is 25.7 Å². The van der Waals surface area contributed by atoms with Crippen molar-refractivity contribution in [1.82, 2.24) is 0 Å². The molecular weight excluding hydrogens is 1200 g/mol. The van der Waals surface area contributed by atoms with E-state index in [-0.39, 0.29) is 25.7 Å². The predicted molar refractivity (Wildman–Crippen MR) is 368 cm³/mol. The van der Waals surface area contributed by atoms with Gasteiger partial charge in [-0.15, -0.1) is 0 Å². The predicted octanol–water partition coefficient (Wildman–Crippen LogP) is 20.9. The summed E-state index contributed by atoms with van der Waals surface area (Å²) in [5, 5.41) is 10.6. The quantitative estimate of drug-likeness (QED) is 0.0222. The summed E-state index contributed by atoms with van der Waals surface area (Å²) in [6, 6.07) is 0. The molecule has 0 heterocycles. The summed E-state index contributed by atoms with van der Waals surface area (Å²) in [6.07, 6.45) is 53.2. The largest absolute Gasteiger partial charge is 0.472 e. The molecule has 0 aliphatic heterocycles. The smallest absolute Gasteiger partial charge is 0.462 e. The summed E-state index contributed by atoms with van der Waals surface area (Å²) in [5.41, 5.74) is 0. The first-order chi connectivity index (χ1) is 44.0. The van der Waals surface area contributed by atoms with Crippen molar-refractivity contribution >= 4 is 39.5 Å². The first kappa shape index (κ1) is 89.1. The van der Waals surface area contributed by atoms with Crippen molar-refractivity contribution in [3.63, 3.8) is 0 Å². The number of aliphatic hydroxyl groups is 1. The Labute approximate surface area is 556 Å². The number of hydrogen-bond acceptors (Lipinski definition) is 15. The molecule has 5 atom stereocenters. The van der Waals surface area contributed by atoms with Gasteiger partial charge in [-0.1, -0.05) is 324 Å². The average Bonchev–Trinajstić information content (AvgIpc) is 2.88. The molecular formula is C72H140O17P2. The second-order valence-electron chi connectivity index (χ2n) is 26.5. The van der Waals surface area contributed by atoms with E-state index in [4.69, 9.17) is 37.0 Å². The zero-order valence-corrected chi connectivity index (χ0v) is 60.8. The fraction of sp³-hybridized carbons (Fsp3) is 0.944. The highest BCUT2D eigenvalue weighted by Gasteiger charge is 2.30. The normalized spacial score (nSPS) is 14.0. The van der Waals surface area contributed by atoms with Crippen molar-refractivity contribution in [3.05, 3.63) is 0 Å². The zero-order chi connectivity index (χ0) is 67.0. The molecule has 3 N–H and O–H groups in total. The SMILES string of the molecule is CCCCCCCCCCCCCCCCCCCCCC(=O)O[C@H](COC(=O)CCCCCCCCCCCCCCCCC(C)C)COP(=O)(O)OC[C@@H](O)COP(=O)(O)OC[C@@H](COC(=O)CCCCCCC)OC(=O)CCCCCCCCCCCC. The topological polar surface area (TPSA) is 237 Å². The lowest BCUT2D eigenvalue weighted by Crippen LogP contribution is -2.30. The molecule has 17 nitrogen and oxygen atoms in total. The third kappa shape index (κ3) is 66.5. The van der Waals surface area contributed by atoms with Crippen LogP contribution in [0, 0.1) is 5.92 Å². The molecule has 0 fully saturated rings. The maximum absolute atomic E-state index is 13.0. The van der Waals surface area contributed by atoms with Crippen LogP contribution in [0.3, 0.4) is 0 Å². The van der Waals surface area contributed by atoms with E-state index in [2.05, 4.69) is 34.6 Å². The van der Waals surface area contributed by atoms with Crippen molar-refractivity contribution in [1.29, 1.82) is 0 Å². The van der Waals surface area contributed by atoms with Crippen molar-refractivity contribution in [3.8, 4) is 0 Å². The maximum atomic E-state index is 13.0. The monoisotopic (exact) mass is 1340 g/mol. The molecule has 0 bridgehead atoms. The van der Waals surface area contributed by atoms with Crippen LogP contribution in [0.4, 0.5) is 0 Å². The van der Waals surface area contributed by atoms with E-state index in [1.807, 2.05) is 0 Å². The number of carbonyl (C=O) groups excluding carboxylic acids is 4. The molecule has 0 aliphatic carbocycles. The molecule has 91 heavy (non-hydrogen) atoms. The molecule has 540 valence electrons. The van der Waals surface area contributed by atoms with E-state index in [1.165, 1.54) is 193 Å². The van der Waals surface area contributed by atoms with Crippen LogP contribution in [0.25, 0.3) is 0 Å². The van der Waals surface area contributed by atoms with Gasteiger partial charge >= 0.3 is 39.5 Å². The van der Waals surface area contributed by atoms with E-state index in [0.717, 1.165) is 102 Å². The Morgan fingerprint density at radius 3 is 0.747 bits per heavy atom. The van der Waals surface area contributed by atoms with Crippen molar-refractivity contribution in [2.75, 3.05) is 39.6 Å². The van der Waals surface area contributed by atoms with Crippen LogP contribution in [0.1, 0.15) is 375 Å². The summed E-state index contributed by atoms with van der Waals surface area (Å²) >= 11 is 0. The Morgan fingerprint density at radius 2 is 0.505 bits per heavy atom. The number of phosphoric acid groups is 2. The van der Waals surface area contributed by atoms with Crippen LogP contribution in [-0.4, -0.2) is 96.7 Å². The minimum atomic E-state index is -4.95. The third-order valence-electron chi connectivity index (χ3n) is 16.8. The van der Waals surface area contributed by atoms with Crippen LogP contribution >= 0.6 is 15.6 Å². The van der Waals surface area contributed by atoms with Crippen LogP contribution in [-0.2, 0) is 65.4 Å². The fourth-order valence-corrected chi connectivity index (χ4v) is 12.6. The lowest BCUT2D eigenvalue weighted by Gasteiger charge is -2.21. The number of ether oxygens (including phenoxy) is 4. The van der Waals surface area contributed by atoms with E-state index < -0.39 is 97.5 Å². The summed E-state index contributed by atoms with van der Waals surface area (Å²) in [4.78, 5) is 72.3. The molecule has 0 saturated heterocycles. The number of esters is 4. The van der Waals surface area contributed by atoms with Gasteiger partial charge in [-0.05, 0) is 31.6 Å². The minimum absolute atomic E-state index is 0.106. The molecule has 0 spiro atoms. The van der Waals surface area contributed by atoms with Crippen LogP contribution in [0.2, 0.25) is 0 Å². The third-order valence-corrected chi connectivity index (χ3v) is 18.7. The van der Waals surface area contributed by atoms with Crippen molar-refractivity contribution in [2.45, 2.75) is 393 Å². The van der Waals surface area contributed by atoms with Gasteiger partial charge < -0.3 is 33.8 Å². The average molecular weight is 1340 g/mol. The Hall–Kier alpha value is -1.94. The second-order valence-corrected chi connectivity index (χ2v) is 29.4. The lowest BCUT2D eigenvalue weighted by molar-refractivity contribution is -0.161. The highest BCUT2D eigenvalue weighted by atomic mass is 31.2. The Bertz CT molecular complexity index is 1750. The van der Waals surface area contributed by atoms with Gasteiger partial charge in [0.1, 0.15) is 19.3 Å². The highest BCUT2D eigenvalue weighted by molar-refractivity contribution is 7.47. The molecule has 0 radical (unpaired) electrons. The summed E-state index contributed by atoms with van der Waals surface area (Å²) in [6.45, 7) is 7.19. The number of unbranched alkanes of at least 4 members (excludes halogenated alkanes) is 44. The van der Waals surface area contributed by atoms with Crippen LogP contribution in [0.15, 0.2) is 0 Å². The van der Waals surface area contributed by atoms with Gasteiger partial charge in [0.25, 0.3) is 0 Å². The van der Waals surface area contributed by atoms with Crippen molar-refractivity contribution in [2.24, 2.45) is 5.92 Å². The highest BCUT2D eigenvalue weighted by Crippen LogP contribution is 2.45. The number of hydrogen-bond donors (Lipinski definition) is 3. The van der Waals surface area contributed by atoms with E-state index >= 15 is 0 Å². The van der Waals surface area contributed by atoms with Gasteiger partial charge in [0.2, 0.25) is 0 Å². The lowest BCUT2D eigenvalue weighted by atomic mass is 10.0. The zero-order valence-electron chi connectivity index (χ0n) is 59.0. The Morgan fingerprint density at radius 1 is 0.297 bits per heavy atom. The first-order valence-corrected chi connectivity index (χ1v) is 40.6. The minimum Gasteiger partial charge on any atom is -0.462 e. The summed E-state index contributed by atoms with van der Waals surface area (Å²) < 4.78 is 68.1. The van der Waals surface area contributed by atoms with E-state index in [9.17, 15) is 43.2 Å². The van der Waals surface area contributed by atoms with Gasteiger partial charge in [0.15, 0.2) is 12.2 Å². The molecule has 0 rings (SSSR count). The Kier molecular flexibility index (Phi) is 64.0. The standard InChI is InChI=1S/C72H140O17P2/c1-6-9-12-15-17-19-21-22-23-24-25-26-27-32-35-39-43-48-53-58-72(77)89-68(62-83-70(75)56-51-46-41-38-34-31-29-28-30-33-36-40-45-49-54-65(4)5)64-87-91(80,81)85-60-66(73)59-84-90(78,79)86-63-67(61-82-69(74)55-50-44-14-11-8-3)88-71(76)57-52-47-42-37-20-18-16-13-10-7-2/h65-68,73H,6-64H2,1-5H3,(H,78,79)(H,80,81)/t66-,67+,68+/m0/s1. The van der Waals surface area contributed by atoms with Gasteiger partial charge in [-0.3, -0.25) is 37.3 Å². The number of aliphatic hydroxyl groups excluding tert-OH is 1. The number of carbonyl (C=O) groups is 4. The van der Waals surface area contributed by atoms with E-state index in [1.54, 1.807) is 0 Å². The number of rotatable bonds is 72. The van der Waals surface area contributed by atoms with Crippen LogP contribution < -0.4 is 0 Å². The van der Waals surface area contributed by atoms with Crippen molar-refractivity contribution < 1.29 is 80.2 Å². The number of phosphoric ester groups is 2. The van der Waals surface area contributed by atoms with Crippen LogP contribution in [0.5, 0.6) is 0 Å². The second kappa shape index (κ2) is 65.4. The van der Waals surface area contributed by atoms with E-state index in [0.29, 0.717) is 25.7 Å². The molecule has 0 saturated carbocycles. The summed E-state index contributed by atoms with van der Waals surface area (Å²) in [5.74, 6) is -1.33. The van der Waals surface area contributed by atoms with Gasteiger partial charge in [-0.2, -0.15) is 0 Å². The molecule has 2 unspecified atom stereocenters. The summed E-state index contributed by atoms with van der Waals surface area (Å²) in [7, 11) is -9.89. The molecule has 0 amide bonds. The molecule has 19 heteroatoms. The molecule has 0 aliphatic rings. The van der Waals surface area contributed by atoms with Gasteiger partial charge in [-0.25, -0.2) is 9.13 Å². The molecule has 0 aromatic rings. The van der Waals surface area contributed by atoms with Gasteiger partial charge in [0.05, 0.1) is 26.4 Å². The maximum Gasteiger partial charge on any atom is 0.472 e. The molecule has 0 aromatic heterocycles. The fourth-order valence-electron chi connectivity index (χ4n) is 11.0. The Balaban J connectivity index is 5.13. The first-order valence-electron chi connectivity index (χ1n) is 37.6. The molecule has 0 aromatic carbocycles.